The van der Waals surface area contributed by atoms with Crippen LogP contribution in [0.4, 0.5) is 4.39 Å². The first-order valence-electron chi connectivity index (χ1n) is 6.35. The summed E-state index contributed by atoms with van der Waals surface area (Å²) < 4.78 is 32.6. The van der Waals surface area contributed by atoms with Gasteiger partial charge in [-0.2, -0.15) is 0 Å². The summed E-state index contributed by atoms with van der Waals surface area (Å²) in [5.41, 5.74) is -1.22. The molecule has 0 bridgehead atoms. The summed E-state index contributed by atoms with van der Waals surface area (Å²) in [7, 11) is 0. The van der Waals surface area contributed by atoms with Gasteiger partial charge in [0.25, 0.3) is 5.56 Å². The van der Waals surface area contributed by atoms with Crippen LogP contribution >= 0.6 is 22.6 Å². The molecule has 0 aliphatic carbocycles. The number of ether oxygens (including phenoxy) is 3. The summed E-state index contributed by atoms with van der Waals surface area (Å²) in [4.78, 5) is 25.1. The average Bonchev–Trinajstić information content (AvgIpc) is 2.84. The van der Waals surface area contributed by atoms with Crippen molar-refractivity contribution in [3.63, 3.8) is 0 Å². The van der Waals surface area contributed by atoms with Crippen LogP contribution in [0.15, 0.2) is 21.9 Å². The maximum atomic E-state index is 14.9. The van der Waals surface area contributed by atoms with Crippen LogP contribution in [0.1, 0.15) is 20.1 Å². The SMILES string of the molecule is CC1(C)OC2[C@H](O1)[C@H](n1ccc(=O)[nH]c1=O)OC2(F)CI. The van der Waals surface area contributed by atoms with Gasteiger partial charge in [-0.25, -0.2) is 9.18 Å². The Hall–Kier alpha value is -0.780. The Morgan fingerprint density at radius 3 is 2.71 bits per heavy atom. The molecule has 7 nitrogen and oxygen atoms in total. The van der Waals surface area contributed by atoms with E-state index in [0.29, 0.717) is 0 Å². The first kappa shape index (κ1) is 15.1. The van der Waals surface area contributed by atoms with Crippen LogP contribution in [-0.4, -0.2) is 37.8 Å². The van der Waals surface area contributed by atoms with Crippen molar-refractivity contribution >= 4 is 22.6 Å². The Labute approximate surface area is 132 Å². The molecule has 2 unspecified atom stereocenters. The van der Waals surface area contributed by atoms with E-state index in [1.54, 1.807) is 13.8 Å². The van der Waals surface area contributed by atoms with Crippen molar-refractivity contribution in [3.8, 4) is 0 Å². The van der Waals surface area contributed by atoms with Crippen LogP contribution in [0.25, 0.3) is 0 Å². The summed E-state index contributed by atoms with van der Waals surface area (Å²) in [6, 6.07) is 1.17. The first-order valence-corrected chi connectivity index (χ1v) is 7.88. The van der Waals surface area contributed by atoms with E-state index >= 15 is 0 Å². The number of hydrogen-bond donors (Lipinski definition) is 1. The van der Waals surface area contributed by atoms with Gasteiger partial charge in [0.05, 0.1) is 4.43 Å². The van der Waals surface area contributed by atoms with Crippen LogP contribution in [0, 0.1) is 0 Å². The van der Waals surface area contributed by atoms with Gasteiger partial charge in [-0.1, -0.05) is 22.6 Å². The molecule has 0 spiro atoms. The predicted octanol–water partition coefficient (Wildman–Crippen LogP) is 0.686. The lowest BCUT2D eigenvalue weighted by atomic mass is 10.1. The van der Waals surface area contributed by atoms with Gasteiger partial charge in [0.2, 0.25) is 5.85 Å². The van der Waals surface area contributed by atoms with Crippen molar-refractivity contribution in [2.24, 2.45) is 0 Å². The minimum absolute atomic E-state index is 0.0277. The van der Waals surface area contributed by atoms with Gasteiger partial charge < -0.3 is 14.2 Å². The summed E-state index contributed by atoms with van der Waals surface area (Å²) in [5, 5.41) is 0. The van der Waals surface area contributed by atoms with E-state index in [4.69, 9.17) is 14.2 Å². The van der Waals surface area contributed by atoms with E-state index in [9.17, 15) is 14.0 Å². The fraction of sp³-hybridized carbons (Fsp3) is 0.667. The molecule has 3 heterocycles. The van der Waals surface area contributed by atoms with Crippen molar-refractivity contribution in [3.05, 3.63) is 33.1 Å². The molecule has 1 aromatic rings. The zero-order chi connectivity index (χ0) is 15.4. The number of aromatic nitrogens is 2. The highest BCUT2D eigenvalue weighted by molar-refractivity contribution is 14.1. The number of aromatic amines is 1. The van der Waals surface area contributed by atoms with Crippen molar-refractivity contribution in [2.75, 3.05) is 4.43 Å². The van der Waals surface area contributed by atoms with E-state index in [1.165, 1.54) is 12.3 Å². The molecule has 21 heavy (non-hydrogen) atoms. The maximum absolute atomic E-state index is 14.9. The number of halogens is 2. The van der Waals surface area contributed by atoms with Crippen LogP contribution in [0.3, 0.4) is 0 Å². The van der Waals surface area contributed by atoms with Gasteiger partial charge >= 0.3 is 5.69 Å². The molecule has 4 atom stereocenters. The van der Waals surface area contributed by atoms with Crippen molar-refractivity contribution in [1.82, 2.24) is 9.55 Å². The lowest BCUT2D eigenvalue weighted by Gasteiger charge is -2.27. The van der Waals surface area contributed by atoms with Gasteiger partial charge in [-0.3, -0.25) is 14.3 Å². The summed E-state index contributed by atoms with van der Waals surface area (Å²) in [6.07, 6.45) is -1.45. The summed E-state index contributed by atoms with van der Waals surface area (Å²) in [6.45, 7) is 3.34. The van der Waals surface area contributed by atoms with E-state index < -0.39 is 41.3 Å². The smallest absolute Gasteiger partial charge is 0.330 e. The van der Waals surface area contributed by atoms with Crippen LogP contribution in [0.5, 0.6) is 0 Å². The van der Waals surface area contributed by atoms with Crippen molar-refractivity contribution in [1.29, 1.82) is 0 Å². The lowest BCUT2D eigenvalue weighted by Crippen LogP contribution is -2.40. The molecule has 2 saturated heterocycles. The molecular weight excluding hydrogens is 398 g/mol. The topological polar surface area (TPSA) is 82.5 Å². The molecule has 9 heteroatoms. The van der Waals surface area contributed by atoms with Crippen molar-refractivity contribution < 1.29 is 18.6 Å². The molecule has 0 saturated carbocycles. The van der Waals surface area contributed by atoms with Gasteiger partial charge in [-0.05, 0) is 13.8 Å². The molecular formula is C12H14FIN2O5. The fourth-order valence-corrected chi connectivity index (χ4v) is 3.23. The normalized spacial score (nSPS) is 37.6. The Balaban J connectivity index is 2.04. The maximum Gasteiger partial charge on any atom is 0.330 e. The minimum Gasteiger partial charge on any atom is -0.340 e. The second-order valence-electron chi connectivity index (χ2n) is 5.47. The van der Waals surface area contributed by atoms with Gasteiger partial charge in [0.1, 0.15) is 6.10 Å². The number of nitrogens with zero attached hydrogens (tertiary/aromatic N) is 1. The van der Waals surface area contributed by atoms with Crippen LogP contribution in [-0.2, 0) is 14.2 Å². The monoisotopic (exact) mass is 412 g/mol. The summed E-state index contributed by atoms with van der Waals surface area (Å²) in [5.74, 6) is -3.02. The van der Waals surface area contributed by atoms with Gasteiger partial charge in [-0.15, -0.1) is 0 Å². The number of hydrogen-bond acceptors (Lipinski definition) is 5. The number of fused-ring (bicyclic) bond motifs is 1. The van der Waals surface area contributed by atoms with Crippen LogP contribution in [0.2, 0.25) is 0 Å². The molecule has 0 amide bonds. The number of nitrogens with one attached hydrogen (secondary N) is 1. The first-order chi connectivity index (χ1) is 9.76. The molecule has 3 rings (SSSR count). The Bertz CT molecular complexity index is 674. The number of rotatable bonds is 2. The van der Waals surface area contributed by atoms with E-state index in [-0.39, 0.29) is 4.43 Å². The molecule has 2 aliphatic rings. The minimum atomic E-state index is -2.06. The molecule has 0 radical (unpaired) electrons. The lowest BCUT2D eigenvalue weighted by molar-refractivity contribution is -0.246. The molecule has 116 valence electrons. The standard InChI is InChI=1S/C12H14FIN2O5/c1-11(2)19-7-8(20-11)12(13,5-14)21-9(7)16-4-3-6(17)15-10(16)18/h3-4,7-9H,5H2,1-2H3,(H,15,17,18)/t7-,8?,9+,12?/m0/s1. The number of H-pyrrole nitrogens is 1. The fourth-order valence-electron chi connectivity index (χ4n) is 2.62. The van der Waals surface area contributed by atoms with E-state index in [0.717, 1.165) is 4.57 Å². The van der Waals surface area contributed by atoms with Gasteiger partial charge in [0, 0.05) is 12.3 Å². The molecule has 1 N–H and O–H groups in total. The van der Waals surface area contributed by atoms with Crippen molar-refractivity contribution in [2.45, 2.75) is 43.9 Å². The Morgan fingerprint density at radius 1 is 1.38 bits per heavy atom. The predicted molar refractivity (Wildman–Crippen MR) is 78.0 cm³/mol. The van der Waals surface area contributed by atoms with E-state index in [2.05, 4.69) is 4.98 Å². The third-order valence-corrected chi connectivity index (χ3v) is 4.50. The summed E-state index contributed by atoms with van der Waals surface area (Å²) >= 11 is 1.86. The highest BCUT2D eigenvalue weighted by atomic mass is 127. The largest absolute Gasteiger partial charge is 0.340 e. The second kappa shape index (κ2) is 4.86. The molecule has 2 aliphatic heterocycles. The third-order valence-electron chi connectivity index (χ3n) is 3.46. The molecule has 0 aromatic carbocycles. The number of alkyl halides is 2. The Kier molecular flexibility index (Phi) is 3.50. The van der Waals surface area contributed by atoms with E-state index in [1.807, 2.05) is 22.6 Å². The highest BCUT2D eigenvalue weighted by Crippen LogP contribution is 2.48. The zero-order valence-corrected chi connectivity index (χ0v) is 13.5. The third kappa shape index (κ3) is 2.45. The zero-order valence-electron chi connectivity index (χ0n) is 11.3. The molecule has 2 fully saturated rings. The van der Waals surface area contributed by atoms with Gasteiger partial charge in [0.15, 0.2) is 18.1 Å². The highest BCUT2D eigenvalue weighted by Gasteiger charge is 2.64. The molecule has 1 aromatic heterocycles. The average molecular weight is 412 g/mol. The quantitative estimate of drug-likeness (QED) is 0.571. The second-order valence-corrected chi connectivity index (χ2v) is 6.23. The Morgan fingerprint density at radius 2 is 2.10 bits per heavy atom. The van der Waals surface area contributed by atoms with Crippen LogP contribution < -0.4 is 11.2 Å².